The molecule has 0 saturated carbocycles. The highest BCUT2D eigenvalue weighted by Gasteiger charge is 2.55. The first-order chi connectivity index (χ1) is 56.3. The van der Waals surface area contributed by atoms with Crippen LogP contribution in [-0.2, 0) is 39.5 Å². The zero-order chi connectivity index (χ0) is 93.4. The molecule has 9 aliphatic rings. The van der Waals surface area contributed by atoms with E-state index < -0.39 is 177 Å². The summed E-state index contributed by atoms with van der Waals surface area (Å²) in [6.07, 6.45) is 23.0. The van der Waals surface area contributed by atoms with E-state index in [1.807, 2.05) is 13.8 Å². The molecule has 5 saturated heterocycles. The van der Waals surface area contributed by atoms with Crippen LogP contribution >= 0.6 is 34.4 Å². The number of hydrogen-bond donors (Lipinski definition) is 16. The van der Waals surface area contributed by atoms with Crippen LogP contribution in [0, 0.1) is 0 Å². The van der Waals surface area contributed by atoms with Crippen molar-refractivity contribution in [1.82, 2.24) is 34.5 Å². The van der Waals surface area contributed by atoms with Gasteiger partial charge in [-0.3, -0.25) is 9.36 Å². The van der Waals surface area contributed by atoms with Crippen LogP contribution in [0.1, 0.15) is 98.8 Å². The van der Waals surface area contributed by atoms with E-state index in [0.29, 0.717) is 97.3 Å². The fourth-order valence-electron chi connectivity index (χ4n) is 13.7. The summed E-state index contributed by atoms with van der Waals surface area (Å²) in [4.78, 5) is 50.3. The lowest BCUT2D eigenvalue weighted by molar-refractivity contribution is -0.117. The Bertz CT molecular complexity index is 4550. The minimum Gasteiger partial charge on any atom is -0.412 e. The first-order valence-corrected chi connectivity index (χ1v) is 59.2. The van der Waals surface area contributed by atoms with Crippen molar-refractivity contribution >= 4 is 109 Å². The Hall–Kier alpha value is -5.61. The number of aliphatic imine (C=N–C) groups is 4. The van der Waals surface area contributed by atoms with Gasteiger partial charge < -0.3 is 132 Å². The number of carbonyl (C=O) groups is 1. The van der Waals surface area contributed by atoms with E-state index in [1.54, 1.807) is 57.4 Å². The highest BCUT2D eigenvalue weighted by molar-refractivity contribution is 7.73. The molecule has 40 heteroatoms. The van der Waals surface area contributed by atoms with Crippen LogP contribution in [0.4, 0.5) is 5.82 Å². The fraction of sp³-hybridized carbons (Fsp3) is 0.639. The maximum Gasteiger partial charge on any atom is 0.351 e. The molecule has 0 bridgehead atoms. The van der Waals surface area contributed by atoms with Gasteiger partial charge in [0.2, 0.25) is 5.91 Å². The van der Waals surface area contributed by atoms with Crippen LogP contribution < -0.4 is 33.9 Å². The number of nitrogen functional groups attached to an aromatic ring is 1. The largest absolute Gasteiger partial charge is 0.412 e. The van der Waals surface area contributed by atoms with Crippen LogP contribution in [0.2, 0.25) is 18.1 Å². The molecule has 34 nitrogen and oxygen atoms in total. The monoisotopic (exact) mass is 1840 g/mol. The van der Waals surface area contributed by atoms with Crippen LogP contribution in [0.25, 0.3) is 0 Å². The molecular formula is C83H146N15O19P5Si. The van der Waals surface area contributed by atoms with Crippen molar-refractivity contribution in [3.63, 3.8) is 0 Å². The third kappa shape index (κ3) is 29.2. The SMILES string of the molecule is C=C1N=C(N)C(C)=CN1[C@@H]1O[C@H](CCP(=C)(C)C)[C@@H](O)[C@H]1O.C=C1N=C(N)C(CO[Si](C)(C)C(C)(C)C)=CN1[C@@H]1O[C@H](CCP(=C)(C)C)[C@@H](O)[C@H]1O.C=C1N=C(N)C=CN1[C@@H]1O[C@H](CCP(=C)(C)C)[C@@H](O)[C@]1(C)O.C=C1N=C(NC(C)=O)C(CC)=CN1[C@@H]1O[C@H](CCP(=C)(C)C)[C@@H](O)[C@H]1O.C=P(C)(C)CC[C@H]1O[C@@H](n2cc(CO)c(N)nc2=O)[C@H](O)[C@@H]1O. The summed E-state index contributed by atoms with van der Waals surface area (Å²) in [5.41, 5.74) is 23.4. The van der Waals surface area contributed by atoms with Gasteiger partial charge in [0.15, 0.2) is 39.5 Å². The molecule has 696 valence electrons. The molecule has 1 aromatic rings. The quantitative estimate of drug-likeness (QED) is 0.0487. The van der Waals surface area contributed by atoms with Gasteiger partial charge >= 0.3 is 5.69 Å². The van der Waals surface area contributed by atoms with E-state index in [0.717, 1.165) is 46.5 Å². The molecule has 123 heavy (non-hydrogen) atoms. The van der Waals surface area contributed by atoms with E-state index in [-0.39, 0.29) is 22.3 Å². The lowest BCUT2D eigenvalue weighted by Crippen LogP contribution is -2.51. The van der Waals surface area contributed by atoms with Crippen molar-refractivity contribution < 1.29 is 89.1 Å². The molecule has 10 heterocycles. The van der Waals surface area contributed by atoms with Crippen LogP contribution in [0.3, 0.4) is 0 Å². The second kappa shape index (κ2) is 42.8. The van der Waals surface area contributed by atoms with Gasteiger partial charge in [-0.25, -0.2) is 24.8 Å². The second-order valence-electron chi connectivity index (χ2n) is 37.9. The molecular weight excluding hydrogens is 1690 g/mol. The van der Waals surface area contributed by atoms with Crippen molar-refractivity contribution in [2.75, 3.05) is 110 Å². The van der Waals surface area contributed by atoms with Crippen molar-refractivity contribution in [2.45, 2.75) is 234 Å². The van der Waals surface area contributed by atoms with Gasteiger partial charge in [0.25, 0.3) is 0 Å². The normalized spacial score (nSPS) is 30.8. The molecule has 5 fully saturated rings. The highest BCUT2D eigenvalue weighted by Crippen LogP contribution is 2.46. The number of aromatic nitrogens is 2. The minimum atomic E-state index is -1.97. The van der Waals surface area contributed by atoms with Gasteiger partial charge in [0, 0.05) is 60.2 Å². The Morgan fingerprint density at radius 3 is 1.31 bits per heavy atom. The molecule has 1 amide bonds. The molecule has 1 aromatic heterocycles. The number of carbonyl (C=O) groups excluding carboxylic acids is 1. The maximum atomic E-state index is 12.0. The summed E-state index contributed by atoms with van der Waals surface area (Å²) >= 11 is 0. The Balaban J connectivity index is 0.000000239. The molecule has 10 rings (SSSR count). The number of ether oxygens (including phenoxy) is 5. The Labute approximate surface area is 729 Å². The topological polar surface area (TPSA) is 508 Å². The van der Waals surface area contributed by atoms with E-state index in [9.17, 15) is 65.8 Å². The number of amides is 1. The number of amidine groups is 4. The summed E-state index contributed by atoms with van der Waals surface area (Å²) in [7, 11) is -1.97. The Kier molecular flexibility index (Phi) is 36.9. The molecule has 9 aliphatic heterocycles. The van der Waals surface area contributed by atoms with Gasteiger partial charge in [-0.1, -0.05) is 54.0 Å². The van der Waals surface area contributed by atoms with E-state index >= 15 is 0 Å². The summed E-state index contributed by atoms with van der Waals surface area (Å²) in [6.45, 7) is 48.1. The predicted octanol–water partition coefficient (Wildman–Crippen LogP) is 3.93. The summed E-state index contributed by atoms with van der Waals surface area (Å²) in [5.74, 6) is 2.75. The zero-order valence-corrected chi connectivity index (χ0v) is 81.2. The van der Waals surface area contributed by atoms with Crippen LogP contribution in [0.15, 0.2) is 128 Å². The minimum absolute atomic E-state index is 0.0676. The van der Waals surface area contributed by atoms with E-state index in [1.165, 1.54) is 13.1 Å². The van der Waals surface area contributed by atoms with Gasteiger partial charge in [-0.2, -0.15) is 4.98 Å². The number of aliphatic hydroxyl groups excluding tert-OH is 10. The average Bonchev–Trinajstić information content (AvgIpc) is 1.60. The summed E-state index contributed by atoms with van der Waals surface area (Å²) in [5, 5.41) is 116. The van der Waals surface area contributed by atoms with E-state index in [4.69, 9.17) is 51.0 Å². The molecule has 0 unspecified atom stereocenters. The van der Waals surface area contributed by atoms with Crippen molar-refractivity contribution in [3.05, 3.63) is 119 Å². The number of aliphatic hydroxyl groups is 11. The number of anilines is 1. The lowest BCUT2D eigenvalue weighted by atomic mass is 9.95. The first-order valence-electron chi connectivity index (χ1n) is 41.0. The van der Waals surface area contributed by atoms with Crippen molar-refractivity contribution in [3.8, 4) is 0 Å². The lowest BCUT2D eigenvalue weighted by Gasteiger charge is -2.37. The van der Waals surface area contributed by atoms with Crippen molar-refractivity contribution in [2.24, 2.45) is 37.2 Å². The molecule has 0 radical (unpaired) electrons. The third-order valence-corrected chi connectivity index (χ3v) is 34.2. The zero-order valence-electron chi connectivity index (χ0n) is 75.7. The fourth-order valence-corrected chi connectivity index (χ4v) is 19.4. The molecule has 0 aromatic carbocycles. The average molecular weight is 1840 g/mol. The highest BCUT2D eigenvalue weighted by atomic mass is 31.2. The van der Waals surface area contributed by atoms with Crippen LogP contribution in [0.5, 0.6) is 0 Å². The van der Waals surface area contributed by atoms with E-state index in [2.05, 4.69) is 189 Å². The second-order valence-corrected chi connectivity index (χ2v) is 64.3. The first kappa shape index (κ1) is 106. The number of nitrogens with zero attached hydrogens (tertiary/aromatic N) is 10. The summed E-state index contributed by atoms with van der Waals surface area (Å²) in [6, 6.07) is 0. The smallest absolute Gasteiger partial charge is 0.351 e. The maximum absolute atomic E-state index is 12.0. The van der Waals surface area contributed by atoms with Gasteiger partial charge in [-0.05, 0) is 174 Å². The van der Waals surface area contributed by atoms with Crippen LogP contribution in [-0.4, -0.2) is 374 Å². The molecule has 20 N–H and O–H groups in total. The number of nitrogens with one attached hydrogen (secondary N) is 1. The Morgan fingerprint density at radius 2 is 0.927 bits per heavy atom. The molecule has 20 atom stereocenters. The predicted molar refractivity (Wildman–Crippen MR) is 511 cm³/mol. The molecule has 0 aliphatic carbocycles. The van der Waals surface area contributed by atoms with Crippen molar-refractivity contribution in [1.29, 1.82) is 0 Å². The number of nitrogens with two attached hydrogens (primary N) is 4. The number of rotatable bonds is 25. The van der Waals surface area contributed by atoms with Gasteiger partial charge in [0.1, 0.15) is 113 Å². The standard InChI is InChI=1S/C21H40N3O4PSi.C18H30N3O4P.2C15H26N3O3P.C14H24N3O5P/c1-14-23-19(22)15(13-27-30(8,9)21(2,3)4)12-24(14)20-18(26)17(25)16(28-20)10-11-29(5,6)7;1-7-13-10-21(11(2)19-17(13)20-12(3)22)18-16(24)15(23)14(25-18)8-9-26(4,5)6;1-10-17-12(16)6-8-18(10)14-15(2,20)13(19)11(21-14)7-9-22(3,4)5;1-9-8-18(10(2)17-14(9)16)15-13(20)12(19)11(21-15)6-7-22(3,4)5;1-23(2,3)5-4-9-10(19)11(20)13(22-9)17-6-8(7-18)12(15)16-14(17)21/h12,16-18,20,25-26H,1,5,10-11,13H2,2-4,6-9H3,(H2,22,23);10,14-16,18,23-24H,2,4,7-9H2,1,3,5-6H3,(H,19,20,22);6,8,11,13-14,19-20H,1,3,7,9H2,2,4-5H3,(H2,16,17);8,11-13,15,19-20H,2-3,6-7H2,1,4-5H3,(H2,16,17);6,9-11,13,18-20H,1,4-5,7H2,2-3H3,(H2,15,16,21)/t16-,17-,18-,20-;14-,15-,16-,18-;11-,13-,14-,15+;11-,12-,13-,15-;9-,10-,11-,13-/m11111/s1. The van der Waals surface area contributed by atoms with Gasteiger partial charge in [-0.15, -0.1) is 65.9 Å². The summed E-state index contributed by atoms with van der Waals surface area (Å²) < 4.78 is 36.8. The van der Waals surface area contributed by atoms with Gasteiger partial charge in [0.05, 0.1) is 43.7 Å². The number of hydrogen-bond acceptors (Lipinski definition) is 32. The molecule has 0 spiro atoms. The third-order valence-electron chi connectivity index (χ3n) is 22.4. The Morgan fingerprint density at radius 1 is 0.561 bits per heavy atom.